The Kier molecular flexibility index (Phi) is 8.28. The van der Waals surface area contributed by atoms with Crippen molar-refractivity contribution in [3.8, 4) is 0 Å². The van der Waals surface area contributed by atoms with Crippen LogP contribution >= 0.6 is 7.92 Å². The third-order valence-corrected chi connectivity index (χ3v) is 15.3. The molecule has 1 fully saturated rings. The SMILES string of the molecule is C1=CC2CC[CH]([Zr+2][CH]3C(P(c4ccccc4)c4ccccc4)=Cc4ccccc43)C2C=C1.[F-].[F-]. The number of hydrogen-bond donors (Lipinski definition) is 0. The molecule has 1 saturated carbocycles. The van der Waals surface area contributed by atoms with Crippen LogP contribution in [-0.2, 0) is 23.2 Å². The molecule has 0 aromatic heterocycles. The van der Waals surface area contributed by atoms with Gasteiger partial charge in [-0.25, -0.2) is 0 Å². The predicted octanol–water partition coefficient (Wildman–Crippen LogP) is 1.25. The number of halogens is 2. The van der Waals surface area contributed by atoms with Crippen molar-refractivity contribution in [2.24, 2.45) is 11.8 Å². The van der Waals surface area contributed by atoms with Gasteiger partial charge in [0.1, 0.15) is 0 Å². The zero-order valence-corrected chi connectivity index (χ0v) is 22.2. The fraction of sp³-hybridized carbons (Fsp3) is 0.200. The Bertz CT molecular complexity index is 1150. The molecule has 0 bridgehead atoms. The summed E-state index contributed by atoms with van der Waals surface area (Å²) in [6, 6.07) is 31.8. The van der Waals surface area contributed by atoms with E-state index in [1.165, 1.54) is 29.0 Å². The molecule has 3 aliphatic carbocycles. The van der Waals surface area contributed by atoms with E-state index in [0.29, 0.717) is 3.63 Å². The number of benzene rings is 3. The molecule has 0 spiro atoms. The molecule has 0 nitrogen and oxygen atoms in total. The Hall–Kier alpha value is -1.95. The summed E-state index contributed by atoms with van der Waals surface area (Å²) in [7, 11) is -0.505. The first-order chi connectivity index (χ1) is 15.9. The van der Waals surface area contributed by atoms with E-state index in [4.69, 9.17) is 0 Å². The van der Waals surface area contributed by atoms with Gasteiger partial charge in [0.05, 0.1) is 0 Å². The van der Waals surface area contributed by atoms with Crippen LogP contribution in [0.5, 0.6) is 0 Å². The van der Waals surface area contributed by atoms with E-state index in [1.54, 1.807) is 10.9 Å². The average molecular weight is 548 g/mol. The zero-order valence-electron chi connectivity index (χ0n) is 18.9. The minimum Gasteiger partial charge on any atom is -1.00 e. The maximum atomic E-state index is 2.58. The summed E-state index contributed by atoms with van der Waals surface area (Å²) in [6.45, 7) is 0. The van der Waals surface area contributed by atoms with Crippen LogP contribution in [0.3, 0.4) is 0 Å². The number of fused-ring (bicyclic) bond motifs is 2. The van der Waals surface area contributed by atoms with Crippen LogP contribution in [0.4, 0.5) is 0 Å². The normalized spacial score (nSPS) is 23.9. The molecule has 0 aliphatic heterocycles. The minimum absolute atomic E-state index is 0. The second-order valence-corrected chi connectivity index (χ2v) is 15.3. The number of allylic oxidation sites excluding steroid dienone is 5. The Morgan fingerprint density at radius 1 is 0.676 bits per heavy atom. The first kappa shape index (κ1) is 25.2. The first-order valence-corrected chi connectivity index (χ1v) is 15.9. The van der Waals surface area contributed by atoms with Gasteiger partial charge >= 0.3 is 205 Å². The van der Waals surface area contributed by atoms with E-state index < -0.39 is 31.2 Å². The summed E-state index contributed by atoms with van der Waals surface area (Å²) in [5.74, 6) is 1.58. The van der Waals surface area contributed by atoms with Gasteiger partial charge in [0, 0.05) is 0 Å². The topological polar surface area (TPSA) is 0 Å². The molecule has 170 valence electrons. The van der Waals surface area contributed by atoms with Gasteiger partial charge in [0.2, 0.25) is 0 Å². The predicted molar refractivity (Wildman–Crippen MR) is 134 cm³/mol. The molecule has 0 saturated heterocycles. The monoisotopic (exact) mass is 546 g/mol. The molecule has 4 heteroatoms. The second kappa shape index (κ2) is 11.2. The fourth-order valence-electron chi connectivity index (χ4n) is 5.64. The molecule has 3 aromatic rings. The summed E-state index contributed by atoms with van der Waals surface area (Å²) in [5, 5.41) is 4.69. The Morgan fingerprint density at radius 2 is 1.29 bits per heavy atom. The summed E-state index contributed by atoms with van der Waals surface area (Å²) in [4.78, 5) is 0. The molecule has 0 heterocycles. The van der Waals surface area contributed by atoms with Crippen LogP contribution in [0.1, 0.15) is 27.6 Å². The third-order valence-electron chi connectivity index (χ3n) is 7.15. The third kappa shape index (κ3) is 4.75. The number of rotatable bonds is 5. The smallest absolute Gasteiger partial charge is 1.00 e. The molecule has 0 amide bonds. The van der Waals surface area contributed by atoms with Crippen molar-refractivity contribution < 1.29 is 32.6 Å². The largest absolute Gasteiger partial charge is 1.00 e. The van der Waals surface area contributed by atoms with Gasteiger partial charge in [-0.1, -0.05) is 0 Å². The van der Waals surface area contributed by atoms with Crippen LogP contribution in [-0.4, -0.2) is 0 Å². The van der Waals surface area contributed by atoms with Gasteiger partial charge in [-0.15, -0.1) is 0 Å². The van der Waals surface area contributed by atoms with Crippen molar-refractivity contribution in [1.82, 2.24) is 0 Å². The second-order valence-electron chi connectivity index (χ2n) is 9.00. The van der Waals surface area contributed by atoms with E-state index >= 15 is 0 Å². The van der Waals surface area contributed by atoms with Gasteiger partial charge in [0.25, 0.3) is 0 Å². The molecule has 34 heavy (non-hydrogen) atoms. The van der Waals surface area contributed by atoms with Gasteiger partial charge in [-0.3, -0.25) is 0 Å². The maximum absolute atomic E-state index is 2.58. The van der Waals surface area contributed by atoms with Gasteiger partial charge in [-0.05, 0) is 0 Å². The maximum Gasteiger partial charge on any atom is -1.00 e. The zero-order chi connectivity index (χ0) is 21.3. The summed E-state index contributed by atoms with van der Waals surface area (Å²) in [5.41, 5.74) is 3.09. The van der Waals surface area contributed by atoms with Crippen LogP contribution < -0.4 is 20.0 Å². The molecule has 0 radical (unpaired) electrons. The number of hydrogen-bond acceptors (Lipinski definition) is 0. The molecule has 3 aliphatic rings. The van der Waals surface area contributed by atoms with E-state index in [0.717, 1.165) is 15.5 Å². The molecular weight excluding hydrogens is 521 g/mol. The Labute approximate surface area is 213 Å². The Balaban J connectivity index is 0.00000137. The minimum atomic E-state index is -0.708. The van der Waals surface area contributed by atoms with Gasteiger partial charge < -0.3 is 9.41 Å². The van der Waals surface area contributed by atoms with E-state index in [2.05, 4.69) is 115 Å². The van der Waals surface area contributed by atoms with Crippen molar-refractivity contribution in [2.45, 2.75) is 20.1 Å². The van der Waals surface area contributed by atoms with Crippen molar-refractivity contribution in [3.05, 3.63) is 126 Å². The van der Waals surface area contributed by atoms with Crippen LogP contribution in [0.2, 0.25) is 3.63 Å². The summed E-state index contributed by atoms with van der Waals surface area (Å²) >= 11 is -0.708. The standard InChI is InChI=1S/C21H16P.C9H11.2FH.Zr/c1-3-11-19(12-4-1)22(20-13-5-2-6-14-20)21-15-17-9-7-8-10-18(17)16-21;1-2-5-9-7-3-6-8(9)4-1;;;/h1-16H;1-2,4-6,8-9H,3,7H2;2*1H;/q;;;;+2/p-2. The van der Waals surface area contributed by atoms with Crippen LogP contribution in [0.15, 0.2) is 115 Å². The van der Waals surface area contributed by atoms with Crippen LogP contribution in [0.25, 0.3) is 6.08 Å². The van der Waals surface area contributed by atoms with E-state index in [9.17, 15) is 0 Å². The molecule has 4 unspecified atom stereocenters. The molecule has 0 N–H and O–H groups in total. The van der Waals surface area contributed by atoms with Crippen molar-refractivity contribution >= 4 is 24.6 Å². The average Bonchev–Trinajstić information content (AvgIpc) is 3.43. The van der Waals surface area contributed by atoms with E-state index in [1.807, 2.05) is 0 Å². The van der Waals surface area contributed by atoms with Gasteiger partial charge in [-0.2, -0.15) is 0 Å². The van der Waals surface area contributed by atoms with Gasteiger partial charge in [0.15, 0.2) is 0 Å². The molecular formula is C30H27F2PZr. The fourth-order valence-corrected chi connectivity index (χ4v) is 14.5. The van der Waals surface area contributed by atoms with Crippen molar-refractivity contribution in [3.63, 3.8) is 0 Å². The first-order valence-electron chi connectivity index (χ1n) is 11.7. The molecule has 6 rings (SSSR count). The molecule has 3 aromatic carbocycles. The van der Waals surface area contributed by atoms with E-state index in [-0.39, 0.29) is 9.41 Å². The molecule has 4 atom stereocenters. The summed E-state index contributed by atoms with van der Waals surface area (Å²) < 4.78 is 1.62. The van der Waals surface area contributed by atoms with Crippen LogP contribution in [0, 0.1) is 11.8 Å². The summed E-state index contributed by atoms with van der Waals surface area (Å²) in [6.07, 6.45) is 15.0. The Morgan fingerprint density at radius 3 is 2.00 bits per heavy atom. The van der Waals surface area contributed by atoms with Crippen molar-refractivity contribution in [2.75, 3.05) is 0 Å². The van der Waals surface area contributed by atoms with Crippen molar-refractivity contribution in [1.29, 1.82) is 0 Å². The quantitative estimate of drug-likeness (QED) is 0.422.